The molecule has 0 bridgehead atoms. The molecule has 0 aliphatic heterocycles. The zero-order valence-corrected chi connectivity index (χ0v) is 10.9. The highest BCUT2D eigenvalue weighted by atomic mass is 35.5. The highest BCUT2D eigenvalue weighted by molar-refractivity contribution is 7.10. The molecular formula is C10H16ClN3OS. The Morgan fingerprint density at radius 2 is 2.19 bits per heavy atom. The van der Waals surface area contributed by atoms with Crippen molar-refractivity contribution >= 4 is 23.1 Å². The van der Waals surface area contributed by atoms with Crippen molar-refractivity contribution in [2.45, 2.75) is 37.8 Å². The molecular weight excluding hydrogens is 246 g/mol. The molecule has 0 radical (unpaired) electrons. The van der Waals surface area contributed by atoms with Crippen LogP contribution < -0.4 is 0 Å². The second-order valence-corrected chi connectivity index (χ2v) is 5.95. The smallest absolute Gasteiger partial charge is 0.138 e. The fourth-order valence-electron chi connectivity index (χ4n) is 2.30. The second-order valence-electron chi connectivity index (χ2n) is 4.60. The summed E-state index contributed by atoms with van der Waals surface area (Å²) in [6, 6.07) is 0. The van der Waals surface area contributed by atoms with Gasteiger partial charge >= 0.3 is 0 Å². The Morgan fingerprint density at radius 1 is 1.50 bits per heavy atom. The number of hydrogen-bond donors (Lipinski definition) is 1. The molecule has 6 heteroatoms. The summed E-state index contributed by atoms with van der Waals surface area (Å²) in [5.41, 5.74) is 0.292. The Morgan fingerprint density at radius 3 is 2.75 bits per heavy atom. The molecule has 1 N–H and O–H groups in total. The van der Waals surface area contributed by atoms with Crippen LogP contribution in [-0.4, -0.2) is 38.8 Å². The van der Waals surface area contributed by atoms with Crippen molar-refractivity contribution in [3.63, 3.8) is 0 Å². The number of aliphatic hydroxyl groups is 1. The molecule has 16 heavy (non-hydrogen) atoms. The Bertz CT molecular complexity index is 352. The summed E-state index contributed by atoms with van der Waals surface area (Å²) in [5.74, 6) is 0. The molecule has 0 amide bonds. The van der Waals surface area contributed by atoms with Gasteiger partial charge in [-0.2, -0.15) is 0 Å². The molecule has 0 saturated heterocycles. The predicted molar refractivity (Wildman–Crippen MR) is 64.7 cm³/mol. The fraction of sp³-hybridized carbons (Fsp3) is 0.800. The third kappa shape index (κ3) is 2.91. The second kappa shape index (κ2) is 4.96. The van der Waals surface area contributed by atoms with Gasteiger partial charge in [0.05, 0.1) is 5.60 Å². The van der Waals surface area contributed by atoms with Gasteiger partial charge in [0.15, 0.2) is 0 Å². The van der Waals surface area contributed by atoms with E-state index < -0.39 is 5.60 Å². The zero-order chi connectivity index (χ0) is 11.6. The monoisotopic (exact) mass is 261 g/mol. The molecule has 1 fully saturated rings. The van der Waals surface area contributed by atoms with Crippen molar-refractivity contribution in [3.8, 4) is 0 Å². The topological polar surface area (TPSA) is 49.2 Å². The van der Waals surface area contributed by atoms with Crippen molar-refractivity contribution in [1.29, 1.82) is 0 Å². The van der Waals surface area contributed by atoms with Gasteiger partial charge in [0.2, 0.25) is 0 Å². The van der Waals surface area contributed by atoms with Crippen LogP contribution in [0.3, 0.4) is 0 Å². The van der Waals surface area contributed by atoms with Crippen LogP contribution >= 0.6 is 23.1 Å². The first kappa shape index (κ1) is 12.2. The minimum Gasteiger partial charge on any atom is -0.389 e. The van der Waals surface area contributed by atoms with Gasteiger partial charge in [-0.15, -0.1) is 5.10 Å². The zero-order valence-electron chi connectivity index (χ0n) is 9.32. The molecule has 1 aliphatic rings. The maximum atomic E-state index is 10.3. The van der Waals surface area contributed by atoms with E-state index in [2.05, 4.69) is 14.5 Å². The van der Waals surface area contributed by atoms with Gasteiger partial charge < -0.3 is 5.11 Å². The minimum atomic E-state index is -0.509. The molecule has 1 aromatic rings. The molecule has 1 aliphatic carbocycles. The van der Waals surface area contributed by atoms with E-state index in [4.69, 9.17) is 11.6 Å². The van der Waals surface area contributed by atoms with Crippen LogP contribution in [0, 0.1) is 0 Å². The van der Waals surface area contributed by atoms with Crippen molar-refractivity contribution in [2.24, 2.45) is 0 Å². The van der Waals surface area contributed by atoms with Gasteiger partial charge in [-0.3, -0.25) is 4.90 Å². The number of likely N-dealkylation sites (N-methyl/N-ethyl adjacent to an activating group) is 1. The average molecular weight is 262 g/mol. The molecule has 1 heterocycles. The highest BCUT2D eigenvalue weighted by Gasteiger charge is 2.32. The van der Waals surface area contributed by atoms with Crippen molar-refractivity contribution < 1.29 is 5.11 Å². The van der Waals surface area contributed by atoms with Crippen LogP contribution in [0.5, 0.6) is 0 Å². The van der Waals surface area contributed by atoms with Crippen molar-refractivity contribution in [1.82, 2.24) is 14.5 Å². The lowest BCUT2D eigenvalue weighted by molar-refractivity contribution is 0.0143. The largest absolute Gasteiger partial charge is 0.389 e. The fourth-order valence-corrected chi connectivity index (χ4v) is 2.91. The summed E-state index contributed by atoms with van der Waals surface area (Å²) < 4.78 is 4.44. The van der Waals surface area contributed by atoms with Crippen LogP contribution in [0.25, 0.3) is 0 Å². The number of nitrogens with zero attached hydrogens (tertiary/aromatic N) is 3. The Labute approximate surface area is 104 Å². The van der Waals surface area contributed by atoms with Gasteiger partial charge in [-0.1, -0.05) is 28.9 Å². The van der Waals surface area contributed by atoms with Gasteiger partial charge in [0.25, 0.3) is 0 Å². The average Bonchev–Trinajstić information content (AvgIpc) is 2.77. The lowest BCUT2D eigenvalue weighted by Crippen LogP contribution is -2.38. The summed E-state index contributed by atoms with van der Waals surface area (Å²) in [6.45, 7) is 1.33. The van der Waals surface area contributed by atoms with E-state index in [1.165, 1.54) is 11.5 Å². The third-order valence-electron chi connectivity index (χ3n) is 3.03. The van der Waals surface area contributed by atoms with Crippen LogP contribution in [0.15, 0.2) is 0 Å². The predicted octanol–water partition coefficient (Wildman–Crippen LogP) is 1.93. The van der Waals surface area contributed by atoms with Crippen LogP contribution in [0.1, 0.15) is 31.4 Å². The first-order valence-electron chi connectivity index (χ1n) is 5.47. The Kier molecular flexibility index (Phi) is 3.79. The van der Waals surface area contributed by atoms with E-state index in [-0.39, 0.29) is 0 Å². The Balaban J connectivity index is 1.89. The normalized spacial score (nSPS) is 19.5. The van der Waals surface area contributed by atoms with Gasteiger partial charge in [-0.05, 0) is 19.9 Å². The standard InChI is InChI=1S/C10H16ClN3OS/c1-14(6-8-9(11)16-13-12-8)7-10(15)4-2-3-5-10/h15H,2-7H2,1H3. The van der Waals surface area contributed by atoms with Gasteiger partial charge in [-0.25, -0.2) is 0 Å². The summed E-state index contributed by atoms with van der Waals surface area (Å²) in [4.78, 5) is 2.06. The SMILES string of the molecule is CN(Cc1nnsc1Cl)CC1(O)CCCC1. The number of hydrogen-bond acceptors (Lipinski definition) is 5. The maximum Gasteiger partial charge on any atom is 0.138 e. The van der Waals surface area contributed by atoms with Gasteiger partial charge in [0.1, 0.15) is 10.0 Å². The molecule has 0 atom stereocenters. The lowest BCUT2D eigenvalue weighted by atomic mass is 10.0. The highest BCUT2D eigenvalue weighted by Crippen LogP contribution is 2.30. The number of rotatable bonds is 4. The van der Waals surface area contributed by atoms with E-state index in [1.807, 2.05) is 7.05 Å². The molecule has 0 aromatic carbocycles. The number of halogens is 1. The molecule has 1 saturated carbocycles. The summed E-state index contributed by atoms with van der Waals surface area (Å²) >= 11 is 7.14. The van der Waals surface area contributed by atoms with E-state index in [0.29, 0.717) is 17.4 Å². The van der Waals surface area contributed by atoms with E-state index in [9.17, 15) is 5.11 Å². The summed E-state index contributed by atoms with van der Waals surface area (Å²) in [6.07, 6.45) is 4.06. The van der Waals surface area contributed by atoms with Gasteiger partial charge in [0, 0.05) is 24.6 Å². The molecule has 90 valence electrons. The molecule has 0 unspecified atom stereocenters. The summed E-state index contributed by atoms with van der Waals surface area (Å²) in [7, 11) is 1.98. The van der Waals surface area contributed by atoms with Crippen molar-refractivity contribution in [3.05, 3.63) is 10.0 Å². The van der Waals surface area contributed by atoms with E-state index in [0.717, 1.165) is 31.4 Å². The first-order chi connectivity index (χ1) is 7.59. The van der Waals surface area contributed by atoms with Crippen LogP contribution in [-0.2, 0) is 6.54 Å². The summed E-state index contributed by atoms with van der Waals surface area (Å²) in [5, 5.41) is 14.2. The van der Waals surface area contributed by atoms with Crippen LogP contribution in [0.4, 0.5) is 0 Å². The molecule has 4 nitrogen and oxygen atoms in total. The van der Waals surface area contributed by atoms with Crippen LogP contribution in [0.2, 0.25) is 4.34 Å². The van der Waals surface area contributed by atoms with E-state index >= 15 is 0 Å². The molecule has 2 rings (SSSR count). The quantitative estimate of drug-likeness (QED) is 0.900. The lowest BCUT2D eigenvalue weighted by Gasteiger charge is -2.28. The Hall–Kier alpha value is -0.230. The first-order valence-corrected chi connectivity index (χ1v) is 6.62. The maximum absolute atomic E-state index is 10.3. The molecule has 1 aromatic heterocycles. The van der Waals surface area contributed by atoms with E-state index in [1.54, 1.807) is 0 Å². The number of aromatic nitrogens is 2. The van der Waals surface area contributed by atoms with Crippen molar-refractivity contribution in [2.75, 3.05) is 13.6 Å². The molecule has 0 spiro atoms. The third-order valence-corrected chi connectivity index (χ3v) is 4.01. The minimum absolute atomic E-state index is 0.509.